The largest absolute Gasteiger partial charge is 0.456 e. The van der Waals surface area contributed by atoms with Crippen LogP contribution in [0.25, 0.3) is 66.4 Å². The van der Waals surface area contributed by atoms with Gasteiger partial charge in [0.1, 0.15) is 11.2 Å². The van der Waals surface area contributed by atoms with Gasteiger partial charge in [-0.15, -0.1) is 0 Å². The third-order valence-corrected chi connectivity index (χ3v) is 13.0. The van der Waals surface area contributed by atoms with Crippen molar-refractivity contribution in [2.24, 2.45) is 0 Å². The molecule has 0 saturated heterocycles. The average Bonchev–Trinajstić information content (AvgIpc) is 3.88. The molecule has 0 radical (unpaired) electrons. The van der Waals surface area contributed by atoms with Crippen LogP contribution in [0.15, 0.2) is 253 Å². The summed E-state index contributed by atoms with van der Waals surface area (Å²) in [6.45, 7) is 0. The minimum atomic E-state index is -0.517. The lowest BCUT2D eigenvalue weighted by Gasteiger charge is -2.35. The Morgan fingerprint density at radius 1 is 0.286 bits per heavy atom. The molecule has 296 valence electrons. The fourth-order valence-electron chi connectivity index (χ4n) is 10.0. The van der Waals surface area contributed by atoms with E-state index >= 15 is 0 Å². The van der Waals surface area contributed by atoms with Crippen LogP contribution >= 0.6 is 0 Å². The number of nitrogens with zero attached hydrogens (tertiary/aromatic N) is 1. The number of anilines is 3. The number of rotatable bonds is 8. The maximum Gasteiger partial charge on any atom is 0.135 e. The lowest BCUT2D eigenvalue weighted by Crippen LogP contribution is -2.28. The highest BCUT2D eigenvalue weighted by Gasteiger charge is 2.46. The highest BCUT2D eigenvalue weighted by Crippen LogP contribution is 2.57. The maximum absolute atomic E-state index is 6.22. The van der Waals surface area contributed by atoms with Crippen molar-refractivity contribution in [1.82, 2.24) is 0 Å². The van der Waals surface area contributed by atoms with E-state index in [9.17, 15) is 0 Å². The molecule has 0 fully saturated rings. The van der Waals surface area contributed by atoms with Gasteiger partial charge in [0, 0.05) is 27.8 Å². The monoisotopic (exact) mass is 803 g/mol. The van der Waals surface area contributed by atoms with Crippen LogP contribution in [0.5, 0.6) is 0 Å². The summed E-state index contributed by atoms with van der Waals surface area (Å²) in [6, 6.07) is 90.4. The van der Waals surface area contributed by atoms with Crippen LogP contribution in [0.1, 0.15) is 22.3 Å². The number of benzene rings is 10. The normalized spacial score (nSPS) is 12.6. The summed E-state index contributed by atoms with van der Waals surface area (Å²) >= 11 is 0. The molecule has 0 bridgehead atoms. The first-order valence-electron chi connectivity index (χ1n) is 21.7. The molecule has 2 nitrogen and oxygen atoms in total. The molecule has 0 atom stereocenters. The van der Waals surface area contributed by atoms with Crippen LogP contribution in [0.3, 0.4) is 0 Å². The highest BCUT2D eigenvalue weighted by molar-refractivity contribution is 6.06. The molecule has 0 amide bonds. The van der Waals surface area contributed by atoms with Crippen molar-refractivity contribution in [1.29, 1.82) is 0 Å². The van der Waals surface area contributed by atoms with Gasteiger partial charge in [0.25, 0.3) is 0 Å². The lowest BCUT2D eigenvalue weighted by atomic mass is 9.67. The van der Waals surface area contributed by atoms with Crippen molar-refractivity contribution >= 4 is 39.0 Å². The zero-order valence-corrected chi connectivity index (χ0v) is 34.5. The molecule has 0 saturated carbocycles. The fourth-order valence-corrected chi connectivity index (χ4v) is 10.0. The Hall–Kier alpha value is -8.20. The summed E-state index contributed by atoms with van der Waals surface area (Å²) in [7, 11) is 0. The molecule has 1 aliphatic carbocycles. The van der Waals surface area contributed by atoms with Crippen molar-refractivity contribution < 1.29 is 4.42 Å². The van der Waals surface area contributed by atoms with Crippen molar-refractivity contribution in [2.45, 2.75) is 5.41 Å². The van der Waals surface area contributed by atoms with E-state index in [2.05, 4.69) is 241 Å². The van der Waals surface area contributed by atoms with Crippen molar-refractivity contribution in [3.63, 3.8) is 0 Å². The maximum atomic E-state index is 6.22. The van der Waals surface area contributed by atoms with Crippen molar-refractivity contribution in [3.05, 3.63) is 271 Å². The van der Waals surface area contributed by atoms with E-state index in [1.54, 1.807) is 0 Å². The molecular weight excluding hydrogens is 763 g/mol. The molecule has 0 N–H and O–H groups in total. The van der Waals surface area contributed by atoms with Gasteiger partial charge in [-0.05, 0) is 121 Å². The Morgan fingerprint density at radius 2 is 0.778 bits per heavy atom. The molecule has 11 aromatic rings. The summed E-state index contributed by atoms with van der Waals surface area (Å²) in [5.74, 6) is 0. The number of hydrogen-bond donors (Lipinski definition) is 0. The number of para-hydroxylation sites is 1. The van der Waals surface area contributed by atoms with Crippen LogP contribution in [0.2, 0.25) is 0 Å². The van der Waals surface area contributed by atoms with Gasteiger partial charge in [0.2, 0.25) is 0 Å². The van der Waals surface area contributed by atoms with E-state index in [1.807, 2.05) is 12.1 Å². The van der Waals surface area contributed by atoms with Gasteiger partial charge in [0.05, 0.1) is 5.41 Å². The minimum absolute atomic E-state index is 0.517. The Bertz CT molecular complexity index is 3380. The van der Waals surface area contributed by atoms with Gasteiger partial charge in [-0.25, -0.2) is 0 Å². The summed E-state index contributed by atoms with van der Waals surface area (Å²) < 4.78 is 6.22. The second-order valence-electron chi connectivity index (χ2n) is 16.4. The Labute approximate surface area is 367 Å². The van der Waals surface area contributed by atoms with Gasteiger partial charge >= 0.3 is 0 Å². The van der Waals surface area contributed by atoms with Crippen LogP contribution in [-0.4, -0.2) is 0 Å². The first kappa shape index (κ1) is 36.6. The summed E-state index contributed by atoms with van der Waals surface area (Å²) in [5, 5.41) is 2.25. The minimum Gasteiger partial charge on any atom is -0.456 e. The molecule has 0 aliphatic heterocycles. The van der Waals surface area contributed by atoms with E-state index < -0.39 is 5.41 Å². The second kappa shape index (κ2) is 15.1. The van der Waals surface area contributed by atoms with E-state index in [0.29, 0.717) is 0 Å². The van der Waals surface area contributed by atoms with Gasteiger partial charge in [-0.2, -0.15) is 0 Å². The summed E-state index contributed by atoms with van der Waals surface area (Å²) in [4.78, 5) is 2.42. The number of furan rings is 1. The smallest absolute Gasteiger partial charge is 0.135 e. The highest BCUT2D eigenvalue weighted by atomic mass is 16.3. The molecule has 1 aromatic heterocycles. The van der Waals surface area contributed by atoms with Crippen LogP contribution in [0, 0.1) is 0 Å². The SMILES string of the molecule is c1ccc(-c2ccc(-c3ccc(N(c4cccc(-c5ccc6oc7ccccc7c6c5)c4)c4ccc5c(c4)C(c4ccccc4)(c4ccccc4)c4ccccc4-5)cc3)cc2)cc1. The lowest BCUT2D eigenvalue weighted by molar-refractivity contribution is 0.669. The molecule has 2 heteroatoms. The van der Waals surface area contributed by atoms with Crippen molar-refractivity contribution in [2.75, 3.05) is 4.90 Å². The molecular formula is C61H41NO. The van der Waals surface area contributed by atoms with Crippen molar-refractivity contribution in [3.8, 4) is 44.5 Å². The summed E-state index contributed by atoms with van der Waals surface area (Å²) in [5.41, 5.74) is 19.2. The van der Waals surface area contributed by atoms with E-state index in [1.165, 1.54) is 55.6 Å². The third kappa shape index (κ3) is 6.10. The van der Waals surface area contributed by atoms with Gasteiger partial charge in [-0.3, -0.25) is 0 Å². The quantitative estimate of drug-likeness (QED) is 0.152. The molecule has 10 aromatic carbocycles. The Balaban J connectivity index is 1.03. The Morgan fingerprint density at radius 3 is 1.49 bits per heavy atom. The van der Waals surface area contributed by atoms with Gasteiger partial charge in [-0.1, -0.05) is 194 Å². The molecule has 63 heavy (non-hydrogen) atoms. The first-order chi connectivity index (χ1) is 31.2. The van der Waals surface area contributed by atoms with E-state index in [0.717, 1.165) is 50.1 Å². The number of hydrogen-bond acceptors (Lipinski definition) is 2. The van der Waals surface area contributed by atoms with Crippen LogP contribution in [0.4, 0.5) is 17.1 Å². The zero-order chi connectivity index (χ0) is 41.7. The standard InChI is InChI=1S/C61H41NO/c1-4-15-42(16-5-1)43-27-29-44(30-28-43)45-31-34-50(35-32-45)62(51-22-14-17-46(39-51)47-33-38-60-56(40-47)55-24-11-13-26-59(55)63-60)52-36-37-54-53-23-10-12-25-57(53)61(58(54)41-52,48-18-6-2-7-19-48)49-20-8-3-9-21-49/h1-41H. The topological polar surface area (TPSA) is 16.4 Å². The van der Waals surface area contributed by atoms with E-state index in [4.69, 9.17) is 4.42 Å². The predicted molar refractivity (Wildman–Crippen MR) is 262 cm³/mol. The second-order valence-corrected chi connectivity index (χ2v) is 16.4. The average molecular weight is 804 g/mol. The first-order valence-corrected chi connectivity index (χ1v) is 21.7. The summed E-state index contributed by atoms with van der Waals surface area (Å²) in [6.07, 6.45) is 0. The number of fused-ring (bicyclic) bond motifs is 6. The molecule has 0 spiro atoms. The Kier molecular flexibility index (Phi) is 8.76. The van der Waals surface area contributed by atoms with Gasteiger partial charge < -0.3 is 9.32 Å². The zero-order valence-electron chi connectivity index (χ0n) is 34.5. The van der Waals surface area contributed by atoms with Crippen LogP contribution < -0.4 is 4.90 Å². The molecule has 0 unspecified atom stereocenters. The van der Waals surface area contributed by atoms with E-state index in [-0.39, 0.29) is 0 Å². The third-order valence-electron chi connectivity index (χ3n) is 13.0. The fraction of sp³-hybridized carbons (Fsp3) is 0.0164. The predicted octanol–water partition coefficient (Wildman–Crippen LogP) is 16.4. The molecule has 1 aliphatic rings. The molecule has 1 heterocycles. The molecule has 12 rings (SSSR count). The van der Waals surface area contributed by atoms with Gasteiger partial charge in [0.15, 0.2) is 0 Å². The van der Waals surface area contributed by atoms with Crippen LogP contribution in [-0.2, 0) is 5.41 Å².